The van der Waals surface area contributed by atoms with Crippen LogP contribution in [0.5, 0.6) is 5.75 Å². The Kier molecular flexibility index (Phi) is 7.80. The molecule has 1 saturated carbocycles. The zero-order chi connectivity index (χ0) is 15.6. The van der Waals surface area contributed by atoms with Crippen LogP contribution in [0.1, 0.15) is 31.2 Å². The molecule has 1 aromatic carbocycles. The van der Waals surface area contributed by atoms with Crippen LogP contribution in [0.15, 0.2) is 24.3 Å². The van der Waals surface area contributed by atoms with E-state index in [9.17, 15) is 9.90 Å². The number of aromatic hydroxyl groups is 1. The van der Waals surface area contributed by atoms with Crippen molar-refractivity contribution in [1.29, 1.82) is 0 Å². The molecule has 7 heteroatoms. The topological polar surface area (TPSA) is 69.8 Å². The van der Waals surface area contributed by atoms with E-state index >= 15 is 0 Å². The van der Waals surface area contributed by atoms with Gasteiger partial charge in [-0.2, -0.15) is 0 Å². The van der Waals surface area contributed by atoms with Crippen LogP contribution in [-0.2, 0) is 11.3 Å². The molecule has 2 aliphatic rings. The molecule has 0 atom stereocenters. The monoisotopic (exact) mass is 375 g/mol. The van der Waals surface area contributed by atoms with E-state index in [4.69, 9.17) is 5.73 Å². The number of halogens is 2. The van der Waals surface area contributed by atoms with E-state index in [0.717, 1.165) is 64.0 Å². The number of hydrogen-bond acceptors (Lipinski definition) is 4. The smallest absolute Gasteiger partial charge is 0.242 e. The minimum atomic E-state index is -0.604. The largest absolute Gasteiger partial charge is 0.508 e. The minimum absolute atomic E-state index is 0. The van der Waals surface area contributed by atoms with E-state index < -0.39 is 5.54 Å². The molecule has 2 fully saturated rings. The summed E-state index contributed by atoms with van der Waals surface area (Å²) in [6, 6.07) is 7.36. The number of carbonyl (C=O) groups is 1. The maximum absolute atomic E-state index is 12.6. The highest BCUT2D eigenvalue weighted by Crippen LogP contribution is 2.29. The van der Waals surface area contributed by atoms with E-state index in [1.54, 1.807) is 12.1 Å². The quantitative estimate of drug-likeness (QED) is 0.848. The van der Waals surface area contributed by atoms with Crippen molar-refractivity contribution in [3.63, 3.8) is 0 Å². The molecule has 1 saturated heterocycles. The van der Waals surface area contributed by atoms with E-state index in [-0.39, 0.29) is 30.7 Å². The number of nitrogens with two attached hydrogens (primary N) is 1. The number of phenolic OH excluding ortho intramolecular Hbond substituents is 1. The van der Waals surface area contributed by atoms with Gasteiger partial charge in [-0.1, -0.05) is 25.0 Å². The molecule has 136 valence electrons. The van der Waals surface area contributed by atoms with Crippen LogP contribution in [0.25, 0.3) is 0 Å². The van der Waals surface area contributed by atoms with Gasteiger partial charge in [-0.3, -0.25) is 9.69 Å². The highest BCUT2D eigenvalue weighted by atomic mass is 35.5. The summed E-state index contributed by atoms with van der Waals surface area (Å²) in [6.45, 7) is 4.02. The highest BCUT2D eigenvalue weighted by Gasteiger charge is 2.40. The van der Waals surface area contributed by atoms with Crippen LogP contribution < -0.4 is 5.73 Å². The number of rotatable bonds is 3. The van der Waals surface area contributed by atoms with Crippen molar-refractivity contribution in [3.05, 3.63) is 29.8 Å². The lowest BCUT2D eigenvalue weighted by atomic mass is 9.97. The first-order valence-corrected chi connectivity index (χ1v) is 8.15. The van der Waals surface area contributed by atoms with Gasteiger partial charge in [0.1, 0.15) is 5.75 Å². The van der Waals surface area contributed by atoms with Crippen LogP contribution in [-0.4, -0.2) is 52.5 Å². The second-order valence-electron chi connectivity index (χ2n) is 6.60. The second kappa shape index (κ2) is 8.90. The van der Waals surface area contributed by atoms with Gasteiger partial charge in [0.05, 0.1) is 5.54 Å². The molecule has 24 heavy (non-hydrogen) atoms. The maximum atomic E-state index is 12.6. The van der Waals surface area contributed by atoms with Crippen LogP contribution in [0.2, 0.25) is 0 Å². The predicted molar refractivity (Wildman–Crippen MR) is 99.8 cm³/mol. The third-order valence-corrected chi connectivity index (χ3v) is 4.90. The van der Waals surface area contributed by atoms with Gasteiger partial charge in [0, 0.05) is 32.7 Å². The molecule has 3 rings (SSSR count). The first-order valence-electron chi connectivity index (χ1n) is 8.15. The zero-order valence-corrected chi connectivity index (χ0v) is 15.5. The van der Waals surface area contributed by atoms with Gasteiger partial charge < -0.3 is 15.7 Å². The molecule has 1 amide bonds. The summed E-state index contributed by atoms with van der Waals surface area (Å²) in [6.07, 6.45) is 3.80. The maximum Gasteiger partial charge on any atom is 0.242 e. The van der Waals surface area contributed by atoms with Crippen molar-refractivity contribution in [2.75, 3.05) is 26.2 Å². The van der Waals surface area contributed by atoms with Crippen molar-refractivity contribution in [2.24, 2.45) is 5.73 Å². The first-order chi connectivity index (χ1) is 10.6. The van der Waals surface area contributed by atoms with Gasteiger partial charge in [0.25, 0.3) is 0 Å². The van der Waals surface area contributed by atoms with E-state index in [1.807, 2.05) is 17.0 Å². The van der Waals surface area contributed by atoms with Gasteiger partial charge in [-0.05, 0) is 30.5 Å². The molecule has 1 aromatic rings. The van der Waals surface area contributed by atoms with E-state index in [0.29, 0.717) is 5.75 Å². The van der Waals surface area contributed by atoms with Crippen LogP contribution in [0, 0.1) is 0 Å². The number of carbonyl (C=O) groups excluding carboxylic acids is 1. The number of piperazine rings is 1. The van der Waals surface area contributed by atoms with E-state index in [1.165, 1.54) is 0 Å². The van der Waals surface area contributed by atoms with Crippen LogP contribution in [0.4, 0.5) is 0 Å². The number of nitrogens with zero attached hydrogens (tertiary/aromatic N) is 2. The van der Waals surface area contributed by atoms with Gasteiger partial charge in [0.2, 0.25) is 5.91 Å². The third kappa shape index (κ3) is 4.76. The van der Waals surface area contributed by atoms with Crippen molar-refractivity contribution >= 4 is 30.7 Å². The number of amides is 1. The minimum Gasteiger partial charge on any atom is -0.508 e. The molecule has 1 aliphatic carbocycles. The summed E-state index contributed by atoms with van der Waals surface area (Å²) in [5.74, 6) is 0.444. The zero-order valence-electron chi connectivity index (χ0n) is 13.8. The average molecular weight is 376 g/mol. The van der Waals surface area contributed by atoms with Crippen molar-refractivity contribution < 1.29 is 9.90 Å². The normalized spacial score (nSPS) is 20.1. The van der Waals surface area contributed by atoms with Gasteiger partial charge in [0.15, 0.2) is 0 Å². The summed E-state index contributed by atoms with van der Waals surface area (Å²) >= 11 is 0. The lowest BCUT2D eigenvalue weighted by Crippen LogP contribution is -2.58. The Morgan fingerprint density at radius 2 is 1.75 bits per heavy atom. The molecule has 0 unspecified atom stereocenters. The molecule has 3 N–H and O–H groups in total. The number of benzene rings is 1. The Labute approximate surface area is 156 Å². The molecule has 1 heterocycles. The van der Waals surface area contributed by atoms with E-state index in [2.05, 4.69) is 4.90 Å². The first kappa shape index (κ1) is 21.0. The molecule has 0 aromatic heterocycles. The fraction of sp³-hybridized carbons (Fsp3) is 0.588. The number of phenols is 1. The third-order valence-electron chi connectivity index (χ3n) is 4.90. The number of hydrogen-bond donors (Lipinski definition) is 2. The van der Waals surface area contributed by atoms with Crippen LogP contribution >= 0.6 is 24.8 Å². The molecule has 0 bridgehead atoms. The Bertz CT molecular complexity index is 542. The Morgan fingerprint density at radius 3 is 2.33 bits per heavy atom. The summed E-state index contributed by atoms with van der Waals surface area (Å²) in [5, 5.41) is 9.52. The molecule has 1 aliphatic heterocycles. The predicted octanol–water partition coefficient (Wildman–Crippen LogP) is 2.15. The van der Waals surface area contributed by atoms with Gasteiger partial charge in [-0.25, -0.2) is 0 Å². The van der Waals surface area contributed by atoms with Crippen molar-refractivity contribution in [1.82, 2.24) is 9.80 Å². The van der Waals surface area contributed by atoms with Gasteiger partial charge in [-0.15, -0.1) is 24.8 Å². The molecule has 5 nitrogen and oxygen atoms in total. The lowest BCUT2D eigenvalue weighted by Gasteiger charge is -2.38. The van der Waals surface area contributed by atoms with Crippen molar-refractivity contribution in [2.45, 2.75) is 37.8 Å². The summed E-state index contributed by atoms with van der Waals surface area (Å²) in [7, 11) is 0. The molecular formula is C17H27Cl2N3O2. The summed E-state index contributed by atoms with van der Waals surface area (Å²) < 4.78 is 0. The van der Waals surface area contributed by atoms with Gasteiger partial charge >= 0.3 is 0 Å². The van der Waals surface area contributed by atoms with Crippen LogP contribution in [0.3, 0.4) is 0 Å². The standard InChI is InChI=1S/C17H25N3O2.2ClH/c18-17(6-1-2-7-17)16(22)20-10-8-19(9-11-20)13-14-4-3-5-15(21)12-14;;/h3-5,12,21H,1-2,6-11,13,18H2;2*1H. The lowest BCUT2D eigenvalue weighted by molar-refractivity contribution is -0.138. The summed E-state index contributed by atoms with van der Waals surface area (Å²) in [5.41, 5.74) is 6.77. The van der Waals surface area contributed by atoms with Crippen molar-refractivity contribution in [3.8, 4) is 5.75 Å². The Balaban J connectivity index is 0.00000144. The molecule has 0 radical (unpaired) electrons. The highest BCUT2D eigenvalue weighted by molar-refractivity contribution is 5.86. The second-order valence-corrected chi connectivity index (χ2v) is 6.60. The molecular weight excluding hydrogens is 349 g/mol. The average Bonchev–Trinajstić information content (AvgIpc) is 2.95. The fourth-order valence-corrected chi connectivity index (χ4v) is 3.56. The Hall–Kier alpha value is -1.01. The summed E-state index contributed by atoms with van der Waals surface area (Å²) in [4.78, 5) is 16.8. The SMILES string of the molecule is Cl.Cl.NC1(C(=O)N2CCN(Cc3cccc(O)c3)CC2)CCCC1. The fourth-order valence-electron chi connectivity index (χ4n) is 3.56. The Morgan fingerprint density at radius 1 is 1.12 bits per heavy atom. The molecule has 0 spiro atoms.